The van der Waals surface area contributed by atoms with Crippen LogP contribution in [0.25, 0.3) is 10.8 Å². The number of benzene rings is 3. The van der Waals surface area contributed by atoms with Gasteiger partial charge >= 0.3 is 5.97 Å². The number of carbonyl (C=O) groups excluding carboxylic acids is 4. The van der Waals surface area contributed by atoms with E-state index in [0.717, 1.165) is 10.8 Å². The van der Waals surface area contributed by atoms with Crippen molar-refractivity contribution >= 4 is 56.1 Å². The Hall–Kier alpha value is -4.32. The quantitative estimate of drug-likeness (QED) is 0.292. The van der Waals surface area contributed by atoms with Gasteiger partial charge in [-0.05, 0) is 54.3 Å². The van der Waals surface area contributed by atoms with Crippen LogP contribution < -0.4 is 10.2 Å². The lowest BCUT2D eigenvalue weighted by Crippen LogP contribution is -2.56. The van der Waals surface area contributed by atoms with Crippen molar-refractivity contribution in [1.29, 1.82) is 0 Å². The molecule has 49 heavy (non-hydrogen) atoms. The van der Waals surface area contributed by atoms with Crippen molar-refractivity contribution in [3.8, 4) is 0 Å². The highest BCUT2D eigenvalue weighted by atomic mass is 79.9. The summed E-state index contributed by atoms with van der Waals surface area (Å²) in [6, 6.07) is 21.1. The maximum Gasteiger partial charge on any atom is 0.313 e. The highest BCUT2D eigenvalue weighted by molar-refractivity contribution is 9.11. The summed E-state index contributed by atoms with van der Waals surface area (Å²) in [5.41, 5.74) is -0.133. The van der Waals surface area contributed by atoms with Crippen LogP contribution in [0.3, 0.4) is 0 Å². The van der Waals surface area contributed by atoms with E-state index in [1.54, 1.807) is 17.9 Å². The molecule has 7 atom stereocenters. The van der Waals surface area contributed by atoms with Crippen molar-refractivity contribution in [3.63, 3.8) is 0 Å². The molecule has 5 bridgehead atoms. The number of cyclic esters (lactones) is 1. The van der Waals surface area contributed by atoms with Crippen molar-refractivity contribution in [2.45, 2.75) is 56.1 Å². The Morgan fingerprint density at radius 2 is 1.69 bits per heavy atom. The van der Waals surface area contributed by atoms with Gasteiger partial charge < -0.3 is 29.7 Å². The number of amides is 3. The summed E-state index contributed by atoms with van der Waals surface area (Å²) < 4.78 is 13.4. The summed E-state index contributed by atoms with van der Waals surface area (Å²) in [6.07, 6.45) is 4.67. The first kappa shape index (κ1) is 33.2. The van der Waals surface area contributed by atoms with Gasteiger partial charge in [-0.3, -0.25) is 19.2 Å². The minimum atomic E-state index is -1.45. The van der Waals surface area contributed by atoms with E-state index in [-0.39, 0.29) is 44.4 Å². The number of likely N-dealkylation sites (tertiary alicyclic amines) is 1. The van der Waals surface area contributed by atoms with Crippen LogP contribution in [0.2, 0.25) is 0 Å². The monoisotopic (exact) mass is 727 g/mol. The zero-order valence-corrected chi connectivity index (χ0v) is 28.6. The van der Waals surface area contributed by atoms with Crippen molar-refractivity contribution in [2.24, 2.45) is 11.8 Å². The van der Waals surface area contributed by atoms with E-state index in [4.69, 9.17) is 9.47 Å². The first-order chi connectivity index (χ1) is 23.7. The Labute approximate surface area is 292 Å². The largest absolute Gasteiger partial charge is 0.455 e. The van der Waals surface area contributed by atoms with E-state index in [1.165, 1.54) is 4.90 Å². The number of nitrogens with one attached hydrogen (secondary N) is 1. The lowest BCUT2D eigenvalue weighted by atomic mass is 9.74. The number of rotatable bonds is 5. The Balaban J connectivity index is 1.34. The average Bonchev–Trinajstić information content (AvgIpc) is 3.70. The molecule has 4 heterocycles. The maximum absolute atomic E-state index is 15.0. The molecule has 0 aliphatic carbocycles. The summed E-state index contributed by atoms with van der Waals surface area (Å²) in [4.78, 5) is 60.0. The number of hydrogen-bond donors (Lipinski definition) is 2. The molecular weight excluding hydrogens is 690 g/mol. The Kier molecular flexibility index (Phi) is 9.17. The smallest absolute Gasteiger partial charge is 0.313 e. The number of esters is 1. The predicted octanol–water partition coefficient (Wildman–Crippen LogP) is 4.57. The molecule has 2 N–H and O–H groups in total. The van der Waals surface area contributed by atoms with Crippen molar-refractivity contribution in [3.05, 3.63) is 101 Å². The average molecular weight is 729 g/mol. The molecule has 1 spiro atoms. The van der Waals surface area contributed by atoms with E-state index >= 15 is 4.79 Å². The van der Waals surface area contributed by atoms with Crippen LogP contribution in [-0.2, 0) is 28.7 Å². The number of halogens is 1. The Morgan fingerprint density at radius 3 is 2.47 bits per heavy atom. The maximum atomic E-state index is 15.0. The van der Waals surface area contributed by atoms with E-state index in [9.17, 15) is 19.5 Å². The van der Waals surface area contributed by atoms with Gasteiger partial charge in [-0.25, -0.2) is 0 Å². The number of hydrogen-bond acceptors (Lipinski definition) is 7. The van der Waals surface area contributed by atoms with Gasteiger partial charge in [0.15, 0.2) is 0 Å². The van der Waals surface area contributed by atoms with Crippen LogP contribution >= 0.6 is 15.9 Å². The minimum Gasteiger partial charge on any atom is -0.455 e. The molecule has 2 fully saturated rings. The predicted molar refractivity (Wildman–Crippen MR) is 186 cm³/mol. The first-order valence-electron chi connectivity index (χ1n) is 16.7. The Morgan fingerprint density at radius 1 is 0.939 bits per heavy atom. The normalized spacial score (nSPS) is 31.0. The van der Waals surface area contributed by atoms with Crippen molar-refractivity contribution in [2.75, 3.05) is 24.6 Å². The molecule has 0 radical (unpaired) electrons. The highest BCUT2D eigenvalue weighted by Crippen LogP contribution is 2.59. The Bertz CT molecular complexity index is 1850. The molecule has 0 unspecified atom stereocenters. The molecule has 2 saturated heterocycles. The highest BCUT2D eigenvalue weighted by Gasteiger charge is 2.75. The molecule has 7 rings (SSSR count). The molecule has 3 aromatic rings. The van der Waals surface area contributed by atoms with Gasteiger partial charge in [-0.2, -0.15) is 0 Å². The molecule has 3 amide bonds. The molecule has 0 aromatic heterocycles. The van der Waals surface area contributed by atoms with Gasteiger partial charge in [0.05, 0.1) is 12.0 Å². The van der Waals surface area contributed by atoms with Gasteiger partial charge in [-0.15, -0.1) is 0 Å². The van der Waals surface area contributed by atoms with Crippen LogP contribution in [0, 0.1) is 11.8 Å². The van der Waals surface area contributed by atoms with Gasteiger partial charge in [0.1, 0.15) is 29.8 Å². The van der Waals surface area contributed by atoms with Crippen LogP contribution in [0.15, 0.2) is 95.5 Å². The molecule has 11 heteroatoms. The van der Waals surface area contributed by atoms with E-state index in [2.05, 4.69) is 21.2 Å². The minimum absolute atomic E-state index is 0.0996. The van der Waals surface area contributed by atoms with Crippen molar-refractivity contribution in [1.82, 2.24) is 10.2 Å². The molecule has 3 aromatic carbocycles. The van der Waals surface area contributed by atoms with Crippen LogP contribution in [0.5, 0.6) is 0 Å². The van der Waals surface area contributed by atoms with Crippen LogP contribution in [0.1, 0.15) is 37.9 Å². The number of carbonyl (C=O) groups is 4. The zero-order valence-electron chi connectivity index (χ0n) is 27.0. The fourth-order valence-electron chi connectivity index (χ4n) is 7.78. The standard InChI is InChI=1S/C38H38BrN3O7/c1-23-32(25-12-4-2-5-13-25)48-37(47)30-31-35(45)42(19-10-20-43)34(38(31)22-28(39)33(30)49-38)36(46)41(18-9-3-6-15-29(44)40-23)27-17-16-24-11-7-8-14-26(24)21-27/h2-5,7-9,11-14,16-17,21-23,30-34,43H,6,10,15,18-20H2,1H3,(H,40,44)/b9-3-/t23-,30+,31-,32+,33+,34+,38-/m0/s1. The number of ether oxygens (including phenoxy) is 2. The second-order valence-electron chi connectivity index (χ2n) is 13.1. The summed E-state index contributed by atoms with van der Waals surface area (Å²) in [7, 11) is 0. The zero-order chi connectivity index (χ0) is 34.3. The second kappa shape index (κ2) is 13.5. The number of aliphatic hydroxyl groups is 1. The number of fused-ring (bicyclic) bond motifs is 3. The van der Waals surface area contributed by atoms with Gasteiger partial charge in [0, 0.05) is 36.3 Å². The van der Waals surface area contributed by atoms with Crippen LogP contribution in [0.4, 0.5) is 5.69 Å². The molecule has 10 nitrogen and oxygen atoms in total. The van der Waals surface area contributed by atoms with Crippen molar-refractivity contribution < 1.29 is 33.8 Å². The summed E-state index contributed by atoms with van der Waals surface area (Å²) in [5, 5.41) is 14.7. The molecule has 4 aliphatic rings. The molecular formula is C38H38BrN3O7. The topological polar surface area (TPSA) is 125 Å². The van der Waals surface area contributed by atoms with Gasteiger partial charge in [0.25, 0.3) is 5.91 Å². The number of nitrogens with zero attached hydrogens (tertiary/aromatic N) is 2. The fraction of sp³-hybridized carbons (Fsp3) is 0.368. The number of aliphatic hydroxyl groups excluding tert-OH is 1. The third-order valence-corrected chi connectivity index (χ3v) is 10.7. The lowest BCUT2D eigenvalue weighted by molar-refractivity contribution is -0.161. The van der Waals surface area contributed by atoms with Gasteiger partial charge in [-0.1, -0.05) is 88.7 Å². The van der Waals surface area contributed by atoms with E-state index in [1.807, 2.05) is 84.9 Å². The fourth-order valence-corrected chi connectivity index (χ4v) is 8.52. The summed E-state index contributed by atoms with van der Waals surface area (Å²) in [6.45, 7) is 1.87. The molecule has 0 saturated carbocycles. The molecule has 4 aliphatic heterocycles. The molecule has 254 valence electrons. The summed E-state index contributed by atoms with van der Waals surface area (Å²) in [5.74, 6) is -3.73. The summed E-state index contributed by atoms with van der Waals surface area (Å²) >= 11 is 3.60. The third-order valence-electron chi connectivity index (χ3n) is 10.0. The van der Waals surface area contributed by atoms with E-state index in [0.29, 0.717) is 22.2 Å². The number of allylic oxidation sites excluding steroid dienone is 1. The third kappa shape index (κ3) is 5.87. The lowest BCUT2D eigenvalue weighted by Gasteiger charge is -2.36. The first-order valence-corrected chi connectivity index (χ1v) is 17.5. The van der Waals surface area contributed by atoms with Gasteiger partial charge in [0.2, 0.25) is 11.8 Å². The van der Waals surface area contributed by atoms with Crippen LogP contribution in [-0.4, -0.2) is 77.2 Å². The second-order valence-corrected chi connectivity index (χ2v) is 14.0. The number of anilines is 1. The van der Waals surface area contributed by atoms with E-state index < -0.39 is 53.6 Å². The SMILES string of the molecule is C[C@@H]1NC(=O)CC/C=C\CN(c2ccc3ccccc3c2)C(=O)[C@H]2N(CCCO)C(=O)[C@@H]3[C@@H](C(=O)O[C@H]1c1ccccc1)[C@@H]1O[C@@]32C=C1Br.